The van der Waals surface area contributed by atoms with Crippen molar-refractivity contribution in [2.24, 2.45) is 0 Å². The van der Waals surface area contributed by atoms with Crippen LogP contribution in [0.1, 0.15) is 11.1 Å². The average Bonchev–Trinajstić information content (AvgIpc) is 2.83. The van der Waals surface area contributed by atoms with Gasteiger partial charge in [-0.1, -0.05) is 35.9 Å². The first-order valence-electron chi connectivity index (χ1n) is 6.82. The van der Waals surface area contributed by atoms with Crippen LogP contribution in [-0.4, -0.2) is 18.4 Å². The zero-order valence-corrected chi connectivity index (χ0v) is 12.8. The molecule has 22 heavy (non-hydrogen) atoms. The van der Waals surface area contributed by atoms with Crippen LogP contribution in [0.4, 0.5) is 0 Å². The second-order valence-electron chi connectivity index (χ2n) is 5.15. The third-order valence-corrected chi connectivity index (χ3v) is 4.98. The summed E-state index contributed by atoms with van der Waals surface area (Å²) in [5.41, 5.74) is 2.36. The highest BCUT2D eigenvalue weighted by Gasteiger charge is 2.15. The number of sulfonamides is 1. The summed E-state index contributed by atoms with van der Waals surface area (Å²) in [7, 11) is -3.58. The molecule has 3 rings (SSSR count). The van der Waals surface area contributed by atoms with Crippen LogP contribution in [0.5, 0.6) is 0 Å². The van der Waals surface area contributed by atoms with E-state index in [9.17, 15) is 13.6 Å². The van der Waals surface area contributed by atoms with Crippen molar-refractivity contribution in [3.8, 4) is 0 Å². The molecule has 5 nitrogen and oxygen atoms in total. The number of aromatic nitrogens is 1. The van der Waals surface area contributed by atoms with Gasteiger partial charge in [-0.2, -0.15) is 4.73 Å². The molecular weight excluding hydrogens is 300 g/mol. The summed E-state index contributed by atoms with van der Waals surface area (Å²) in [6.07, 6.45) is 1.52. The number of hydrogen-bond donors (Lipinski definition) is 2. The Morgan fingerprint density at radius 3 is 2.50 bits per heavy atom. The summed E-state index contributed by atoms with van der Waals surface area (Å²) in [6.45, 7) is 2.02. The van der Waals surface area contributed by atoms with Crippen LogP contribution in [0.15, 0.2) is 59.6 Å². The van der Waals surface area contributed by atoms with Crippen molar-refractivity contribution in [3.05, 3.63) is 65.9 Å². The molecule has 0 spiro atoms. The summed E-state index contributed by atoms with van der Waals surface area (Å²) >= 11 is 0. The second kappa shape index (κ2) is 5.47. The monoisotopic (exact) mass is 316 g/mol. The molecule has 0 bridgehead atoms. The molecule has 6 heteroatoms. The first kappa shape index (κ1) is 14.6. The molecule has 2 N–H and O–H groups in total. The van der Waals surface area contributed by atoms with Gasteiger partial charge < -0.3 is 5.21 Å². The van der Waals surface area contributed by atoms with E-state index in [1.54, 1.807) is 30.3 Å². The zero-order valence-electron chi connectivity index (χ0n) is 12.0. The number of hydrogen-bond acceptors (Lipinski definition) is 3. The predicted molar refractivity (Wildman–Crippen MR) is 84.3 cm³/mol. The second-order valence-corrected chi connectivity index (χ2v) is 6.92. The average molecular weight is 316 g/mol. The Morgan fingerprint density at radius 2 is 1.77 bits per heavy atom. The quantitative estimate of drug-likeness (QED) is 0.727. The first-order chi connectivity index (χ1) is 10.5. The molecule has 0 aliphatic carbocycles. The lowest BCUT2D eigenvalue weighted by Crippen LogP contribution is -2.23. The van der Waals surface area contributed by atoms with Crippen LogP contribution < -0.4 is 4.72 Å². The third kappa shape index (κ3) is 2.70. The van der Waals surface area contributed by atoms with Gasteiger partial charge >= 0.3 is 0 Å². The molecule has 0 aliphatic heterocycles. The predicted octanol–water partition coefficient (Wildman–Crippen LogP) is 2.67. The van der Waals surface area contributed by atoms with Crippen molar-refractivity contribution >= 4 is 20.9 Å². The van der Waals surface area contributed by atoms with Gasteiger partial charge in [-0.15, -0.1) is 0 Å². The van der Waals surface area contributed by atoms with Gasteiger partial charge in [-0.3, -0.25) is 0 Å². The summed E-state index contributed by atoms with van der Waals surface area (Å²) in [5.74, 6) is 0. The van der Waals surface area contributed by atoms with Crippen molar-refractivity contribution in [2.45, 2.75) is 18.4 Å². The van der Waals surface area contributed by atoms with Crippen molar-refractivity contribution in [1.29, 1.82) is 0 Å². The summed E-state index contributed by atoms with van der Waals surface area (Å²) < 4.78 is 28.1. The lowest BCUT2D eigenvalue weighted by Gasteiger charge is -2.06. The van der Waals surface area contributed by atoms with E-state index in [1.165, 1.54) is 6.20 Å². The molecule has 0 saturated carbocycles. The number of rotatable bonds is 4. The molecule has 0 saturated heterocycles. The summed E-state index contributed by atoms with van der Waals surface area (Å²) in [6, 6.07) is 13.9. The molecule has 0 radical (unpaired) electrons. The molecule has 114 valence electrons. The van der Waals surface area contributed by atoms with Crippen molar-refractivity contribution in [2.75, 3.05) is 0 Å². The maximum Gasteiger partial charge on any atom is 0.240 e. The fourth-order valence-corrected chi connectivity index (χ4v) is 3.35. The van der Waals surface area contributed by atoms with Gasteiger partial charge in [-0.05, 0) is 30.7 Å². The van der Waals surface area contributed by atoms with Gasteiger partial charge in [0, 0.05) is 18.1 Å². The minimum Gasteiger partial charge on any atom is -0.428 e. The molecule has 0 aliphatic rings. The highest BCUT2D eigenvalue weighted by molar-refractivity contribution is 7.89. The highest BCUT2D eigenvalue weighted by atomic mass is 32.2. The van der Waals surface area contributed by atoms with Gasteiger partial charge in [0.15, 0.2) is 0 Å². The normalized spacial score (nSPS) is 11.9. The number of nitrogens with zero attached hydrogens (tertiary/aromatic N) is 1. The maximum absolute atomic E-state index is 12.3. The van der Waals surface area contributed by atoms with Gasteiger partial charge in [-0.25, -0.2) is 13.1 Å². The van der Waals surface area contributed by atoms with E-state index < -0.39 is 10.0 Å². The van der Waals surface area contributed by atoms with E-state index in [0.717, 1.165) is 15.7 Å². The Labute approximate surface area is 128 Å². The topological polar surface area (TPSA) is 71.3 Å². The Morgan fingerprint density at radius 1 is 1.09 bits per heavy atom. The van der Waals surface area contributed by atoms with E-state index in [1.807, 2.05) is 25.1 Å². The number of benzene rings is 2. The highest BCUT2D eigenvalue weighted by Crippen LogP contribution is 2.20. The third-order valence-electron chi connectivity index (χ3n) is 3.56. The van der Waals surface area contributed by atoms with E-state index in [0.29, 0.717) is 11.1 Å². The van der Waals surface area contributed by atoms with Crippen molar-refractivity contribution in [3.63, 3.8) is 0 Å². The van der Waals surface area contributed by atoms with Crippen molar-refractivity contribution in [1.82, 2.24) is 9.45 Å². The van der Waals surface area contributed by atoms with Gasteiger partial charge in [0.1, 0.15) is 0 Å². The lowest BCUT2D eigenvalue weighted by atomic mass is 10.2. The molecule has 0 amide bonds. The van der Waals surface area contributed by atoms with Crippen LogP contribution >= 0.6 is 0 Å². The van der Waals surface area contributed by atoms with E-state index in [2.05, 4.69) is 4.72 Å². The van der Waals surface area contributed by atoms with E-state index in [4.69, 9.17) is 0 Å². The number of aryl methyl sites for hydroxylation is 1. The zero-order chi connectivity index (χ0) is 15.7. The van der Waals surface area contributed by atoms with Crippen LogP contribution in [-0.2, 0) is 16.6 Å². The van der Waals surface area contributed by atoms with Crippen molar-refractivity contribution < 1.29 is 13.6 Å². The number of fused-ring (bicyclic) bond motifs is 1. The summed E-state index contributed by atoms with van der Waals surface area (Å²) in [4.78, 5) is 0.228. The summed E-state index contributed by atoms with van der Waals surface area (Å²) in [5, 5.41) is 10.6. The SMILES string of the molecule is Cc1ccc(S(=O)(=O)NCc2cn(O)c3ccccc23)cc1. The fraction of sp³-hybridized carbons (Fsp3) is 0.125. The standard InChI is InChI=1S/C16H16N2O3S/c1-12-6-8-14(9-7-12)22(20,21)17-10-13-11-18(19)16-5-3-2-4-15(13)16/h2-9,11,17,19H,10H2,1H3. The Balaban J connectivity index is 1.86. The minimum atomic E-state index is -3.58. The Bertz CT molecular complexity index is 912. The number of nitrogens with one attached hydrogen (secondary N) is 1. The molecular formula is C16H16N2O3S. The maximum atomic E-state index is 12.3. The van der Waals surface area contributed by atoms with Crippen LogP contribution in [0.2, 0.25) is 0 Å². The van der Waals surface area contributed by atoms with Crippen LogP contribution in [0.25, 0.3) is 10.9 Å². The molecule has 2 aromatic carbocycles. The van der Waals surface area contributed by atoms with Crippen LogP contribution in [0, 0.1) is 6.92 Å². The van der Waals surface area contributed by atoms with Gasteiger partial charge in [0.2, 0.25) is 10.0 Å². The Hall–Kier alpha value is -2.31. The van der Waals surface area contributed by atoms with Gasteiger partial charge in [0.05, 0.1) is 10.4 Å². The largest absolute Gasteiger partial charge is 0.428 e. The molecule has 0 fully saturated rings. The van der Waals surface area contributed by atoms with Gasteiger partial charge in [0.25, 0.3) is 0 Å². The van der Waals surface area contributed by atoms with E-state index >= 15 is 0 Å². The first-order valence-corrected chi connectivity index (χ1v) is 8.30. The molecule has 1 aromatic heterocycles. The smallest absolute Gasteiger partial charge is 0.240 e. The molecule has 0 unspecified atom stereocenters. The van der Waals surface area contributed by atoms with E-state index in [-0.39, 0.29) is 11.4 Å². The molecule has 3 aromatic rings. The Kier molecular flexibility index (Phi) is 3.64. The minimum absolute atomic E-state index is 0.115. The molecule has 1 heterocycles. The number of para-hydroxylation sites is 1. The van der Waals surface area contributed by atoms with Crippen LogP contribution in [0.3, 0.4) is 0 Å². The molecule has 0 atom stereocenters. The lowest BCUT2D eigenvalue weighted by molar-refractivity contribution is 0.199. The fourth-order valence-electron chi connectivity index (χ4n) is 2.35.